The highest BCUT2D eigenvalue weighted by molar-refractivity contribution is 6.32. The van der Waals surface area contributed by atoms with Gasteiger partial charge < -0.3 is 10.5 Å². The molecule has 66 valence electrons. The van der Waals surface area contributed by atoms with Gasteiger partial charge >= 0.3 is 0 Å². The highest BCUT2D eigenvalue weighted by Crippen LogP contribution is 2.22. The Morgan fingerprint density at radius 3 is 3.08 bits per heavy atom. The Morgan fingerprint density at radius 1 is 1.62 bits per heavy atom. The first-order chi connectivity index (χ1) is 6.22. The minimum Gasteiger partial charge on any atom is -0.494 e. The van der Waals surface area contributed by atoms with Crippen molar-refractivity contribution in [3.05, 3.63) is 18.5 Å². The number of aromatic nitrogens is 2. The second kappa shape index (κ2) is 2.69. The number of hydrogen-bond donors (Lipinski definition) is 1. The van der Waals surface area contributed by atoms with Gasteiger partial charge in [-0.3, -0.25) is 0 Å². The largest absolute Gasteiger partial charge is 0.494 e. The molecular weight excluding hydrogens is 165 g/mol. The molecule has 2 aromatic rings. The minimum absolute atomic E-state index is 0.636. The smallest absolute Gasteiger partial charge is 0.146 e. The first-order valence-corrected chi connectivity index (χ1v) is 4.00. The number of hydrogen-bond acceptors (Lipinski definition) is 3. The van der Waals surface area contributed by atoms with E-state index in [9.17, 15) is 0 Å². The van der Waals surface area contributed by atoms with E-state index in [0.29, 0.717) is 5.69 Å². The zero-order valence-corrected chi connectivity index (χ0v) is 7.61. The lowest BCUT2D eigenvalue weighted by Crippen LogP contribution is -2.07. The summed E-state index contributed by atoms with van der Waals surface area (Å²) in [5.41, 5.74) is 8.29. The summed E-state index contributed by atoms with van der Waals surface area (Å²) in [6.45, 7) is 0. The van der Waals surface area contributed by atoms with Crippen molar-refractivity contribution in [1.82, 2.24) is 9.61 Å². The Labute approximate surface area is 76.7 Å². The number of nitrogens with two attached hydrogens (primary N) is 1. The lowest BCUT2D eigenvalue weighted by Gasteiger charge is -2.04. The Hall–Kier alpha value is -1.65. The summed E-state index contributed by atoms with van der Waals surface area (Å²) in [7, 11) is 3.61. The van der Waals surface area contributed by atoms with Gasteiger partial charge in [0.25, 0.3) is 0 Å². The van der Waals surface area contributed by atoms with Crippen molar-refractivity contribution >= 4 is 24.5 Å². The maximum atomic E-state index is 5.74. The number of rotatable bonds is 1. The van der Waals surface area contributed by atoms with Crippen LogP contribution < -0.4 is 15.9 Å². The fraction of sp³-hybridized carbons (Fsp3) is 0.125. The topological polar surface area (TPSA) is 52.5 Å². The van der Waals surface area contributed by atoms with Gasteiger partial charge in [-0.05, 0) is 6.07 Å². The predicted octanol–water partition coefficient (Wildman–Crippen LogP) is -0.817. The van der Waals surface area contributed by atoms with Crippen molar-refractivity contribution in [2.24, 2.45) is 0 Å². The first-order valence-electron chi connectivity index (χ1n) is 4.00. The Kier molecular flexibility index (Phi) is 1.65. The van der Waals surface area contributed by atoms with Crippen LogP contribution in [0.25, 0.3) is 5.52 Å². The second-order valence-electron chi connectivity index (χ2n) is 2.98. The van der Waals surface area contributed by atoms with E-state index < -0.39 is 0 Å². The number of anilines is 1. The Morgan fingerprint density at radius 2 is 2.38 bits per heavy atom. The SMILES string of the molecule is Bc1cc(OC)c2c(N)cnn2c1. The summed E-state index contributed by atoms with van der Waals surface area (Å²) in [6.07, 6.45) is 3.53. The van der Waals surface area contributed by atoms with Crippen molar-refractivity contribution < 1.29 is 4.74 Å². The van der Waals surface area contributed by atoms with Gasteiger partial charge in [0, 0.05) is 6.20 Å². The molecule has 2 heterocycles. The van der Waals surface area contributed by atoms with Gasteiger partial charge in [0.2, 0.25) is 0 Å². The molecule has 5 heteroatoms. The third-order valence-electron chi connectivity index (χ3n) is 1.96. The van der Waals surface area contributed by atoms with Gasteiger partial charge in [-0.25, -0.2) is 4.52 Å². The molecule has 2 N–H and O–H groups in total. The molecule has 0 spiro atoms. The van der Waals surface area contributed by atoms with Crippen molar-refractivity contribution in [3.63, 3.8) is 0 Å². The zero-order chi connectivity index (χ0) is 9.42. The molecule has 0 atom stereocenters. The molecule has 13 heavy (non-hydrogen) atoms. The van der Waals surface area contributed by atoms with Gasteiger partial charge in [-0.1, -0.05) is 5.46 Å². The van der Waals surface area contributed by atoms with Crippen LogP contribution in [-0.4, -0.2) is 24.6 Å². The molecule has 0 saturated carbocycles. The van der Waals surface area contributed by atoms with Gasteiger partial charge in [-0.2, -0.15) is 5.10 Å². The molecule has 2 rings (SSSR count). The molecule has 0 saturated heterocycles. The van der Waals surface area contributed by atoms with Crippen LogP contribution in [0.15, 0.2) is 18.5 Å². The zero-order valence-electron chi connectivity index (χ0n) is 7.61. The monoisotopic (exact) mass is 175 g/mol. The number of nitrogens with zero attached hydrogens (tertiary/aromatic N) is 2. The van der Waals surface area contributed by atoms with Crippen LogP contribution in [0.4, 0.5) is 5.69 Å². The standard InChI is InChI=1S/C8H10BN3O/c1-13-7-2-5(9)4-12-8(7)6(10)3-11-12/h2-4H,9-10H2,1H3. The molecule has 0 aromatic carbocycles. The number of fused-ring (bicyclic) bond motifs is 1. The summed E-state index contributed by atoms with van der Waals surface area (Å²) in [4.78, 5) is 0. The van der Waals surface area contributed by atoms with Crippen LogP contribution >= 0.6 is 0 Å². The van der Waals surface area contributed by atoms with Crippen LogP contribution in [0.5, 0.6) is 5.75 Å². The third-order valence-corrected chi connectivity index (χ3v) is 1.96. The summed E-state index contributed by atoms with van der Waals surface area (Å²) < 4.78 is 6.93. The summed E-state index contributed by atoms with van der Waals surface area (Å²) in [5, 5.41) is 4.10. The molecular formula is C8H10BN3O. The van der Waals surface area contributed by atoms with Crippen molar-refractivity contribution in [2.45, 2.75) is 0 Å². The van der Waals surface area contributed by atoms with E-state index in [1.807, 2.05) is 20.1 Å². The number of ether oxygens (including phenoxy) is 1. The van der Waals surface area contributed by atoms with E-state index in [0.717, 1.165) is 16.7 Å². The number of methoxy groups -OCH3 is 1. The Bertz CT molecular complexity index is 452. The third kappa shape index (κ3) is 1.12. The highest BCUT2D eigenvalue weighted by atomic mass is 16.5. The molecule has 0 amide bonds. The molecule has 0 unspecified atom stereocenters. The highest BCUT2D eigenvalue weighted by Gasteiger charge is 2.07. The van der Waals surface area contributed by atoms with Crippen molar-refractivity contribution in [1.29, 1.82) is 0 Å². The Balaban J connectivity index is 2.85. The molecule has 0 aliphatic carbocycles. The molecule has 0 bridgehead atoms. The van der Waals surface area contributed by atoms with Crippen LogP contribution in [-0.2, 0) is 0 Å². The first kappa shape index (κ1) is 7.98. The van der Waals surface area contributed by atoms with E-state index in [1.165, 1.54) is 0 Å². The quantitative estimate of drug-likeness (QED) is 0.576. The predicted molar refractivity (Wildman–Crippen MR) is 54.3 cm³/mol. The van der Waals surface area contributed by atoms with Crippen LogP contribution in [0.3, 0.4) is 0 Å². The van der Waals surface area contributed by atoms with Gasteiger partial charge in [0.1, 0.15) is 19.1 Å². The van der Waals surface area contributed by atoms with Gasteiger partial charge in [0.15, 0.2) is 0 Å². The van der Waals surface area contributed by atoms with Crippen LogP contribution in [0.1, 0.15) is 0 Å². The van der Waals surface area contributed by atoms with Crippen molar-refractivity contribution in [3.8, 4) is 5.75 Å². The minimum atomic E-state index is 0.636. The fourth-order valence-corrected chi connectivity index (χ4v) is 1.39. The number of pyridine rings is 1. The van der Waals surface area contributed by atoms with Gasteiger partial charge in [0.05, 0.1) is 19.0 Å². The van der Waals surface area contributed by atoms with Gasteiger partial charge in [-0.15, -0.1) is 0 Å². The lowest BCUT2D eigenvalue weighted by molar-refractivity contribution is 0.418. The van der Waals surface area contributed by atoms with Crippen LogP contribution in [0, 0.1) is 0 Å². The maximum absolute atomic E-state index is 5.74. The molecule has 0 aliphatic rings. The molecule has 0 fully saturated rings. The van der Waals surface area contributed by atoms with E-state index in [4.69, 9.17) is 10.5 Å². The fourth-order valence-electron chi connectivity index (χ4n) is 1.39. The molecule has 2 aromatic heterocycles. The lowest BCUT2D eigenvalue weighted by atomic mass is 9.98. The van der Waals surface area contributed by atoms with Crippen LogP contribution in [0.2, 0.25) is 0 Å². The maximum Gasteiger partial charge on any atom is 0.146 e. The number of nitrogen functional groups attached to an aromatic ring is 1. The second-order valence-corrected chi connectivity index (χ2v) is 2.98. The molecule has 4 nitrogen and oxygen atoms in total. The van der Waals surface area contributed by atoms with E-state index in [-0.39, 0.29) is 0 Å². The summed E-state index contributed by atoms with van der Waals surface area (Å²) >= 11 is 0. The molecule has 0 aliphatic heterocycles. The van der Waals surface area contributed by atoms with Crippen molar-refractivity contribution in [2.75, 3.05) is 12.8 Å². The normalized spacial score (nSPS) is 10.5. The van der Waals surface area contributed by atoms with E-state index in [1.54, 1.807) is 17.8 Å². The average molecular weight is 175 g/mol. The summed E-state index contributed by atoms with van der Waals surface area (Å²) in [6, 6.07) is 1.94. The summed E-state index contributed by atoms with van der Waals surface area (Å²) in [5.74, 6) is 0.759. The average Bonchev–Trinajstić information content (AvgIpc) is 2.46. The molecule has 0 radical (unpaired) electrons. The van der Waals surface area contributed by atoms with E-state index >= 15 is 0 Å². The van der Waals surface area contributed by atoms with E-state index in [2.05, 4.69) is 5.10 Å².